The summed E-state index contributed by atoms with van der Waals surface area (Å²) >= 11 is 1.42. The Balaban J connectivity index is 1.92. The molecule has 0 spiro atoms. The lowest BCUT2D eigenvalue weighted by Crippen LogP contribution is -2.38. The van der Waals surface area contributed by atoms with E-state index >= 15 is 0 Å². The highest BCUT2D eigenvalue weighted by atomic mass is 32.1. The molecule has 4 nitrogen and oxygen atoms in total. The highest BCUT2D eigenvalue weighted by Crippen LogP contribution is 2.28. The van der Waals surface area contributed by atoms with Crippen LogP contribution in [0.2, 0.25) is 0 Å². The number of hydrogen-bond donors (Lipinski definition) is 0. The average Bonchev–Trinajstić information content (AvgIpc) is 2.82. The van der Waals surface area contributed by atoms with Crippen LogP contribution < -0.4 is 9.64 Å². The molecular weight excluding hydrogens is 258 g/mol. The van der Waals surface area contributed by atoms with Gasteiger partial charge in [-0.25, -0.2) is 0 Å². The van der Waals surface area contributed by atoms with Gasteiger partial charge in [0.25, 0.3) is 0 Å². The van der Waals surface area contributed by atoms with Crippen LogP contribution in [-0.4, -0.2) is 29.1 Å². The van der Waals surface area contributed by atoms with Crippen LogP contribution in [0.4, 0.5) is 5.13 Å². The van der Waals surface area contributed by atoms with E-state index in [0.717, 1.165) is 24.6 Å². The first kappa shape index (κ1) is 14.1. The van der Waals surface area contributed by atoms with Crippen LogP contribution >= 0.6 is 11.5 Å². The number of aromatic nitrogens is 2. The predicted octanol–water partition coefficient (Wildman–Crippen LogP) is 2.81. The van der Waals surface area contributed by atoms with E-state index in [4.69, 9.17) is 4.74 Å². The number of rotatable bonds is 3. The molecule has 0 saturated carbocycles. The topological polar surface area (TPSA) is 38.2 Å². The highest BCUT2D eigenvalue weighted by molar-refractivity contribution is 7.09. The van der Waals surface area contributed by atoms with E-state index in [0.29, 0.717) is 24.5 Å². The van der Waals surface area contributed by atoms with E-state index in [1.807, 2.05) is 6.92 Å². The van der Waals surface area contributed by atoms with Gasteiger partial charge in [0.2, 0.25) is 5.13 Å². The summed E-state index contributed by atoms with van der Waals surface area (Å²) in [6.45, 7) is 9.10. The van der Waals surface area contributed by atoms with Crippen molar-refractivity contribution in [2.45, 2.75) is 33.6 Å². The average molecular weight is 279 g/mol. The van der Waals surface area contributed by atoms with Crippen molar-refractivity contribution in [1.82, 2.24) is 9.36 Å². The number of anilines is 1. The standard InChI is InChI=1S/C14H21N3OS/c1-4-5-6-7-18-13-15-14(19-16-13)17-9-11(2)8-12(3)10-17/h11-12H,4,7-10H2,1-3H3. The van der Waals surface area contributed by atoms with E-state index in [1.54, 1.807) is 0 Å². The molecule has 0 aliphatic carbocycles. The molecule has 0 amide bonds. The Morgan fingerprint density at radius 1 is 1.32 bits per heavy atom. The van der Waals surface area contributed by atoms with Gasteiger partial charge in [-0.1, -0.05) is 26.7 Å². The molecule has 1 saturated heterocycles. The van der Waals surface area contributed by atoms with Crippen molar-refractivity contribution in [2.75, 3.05) is 24.6 Å². The zero-order valence-electron chi connectivity index (χ0n) is 11.8. The van der Waals surface area contributed by atoms with Crippen LogP contribution in [0.25, 0.3) is 0 Å². The van der Waals surface area contributed by atoms with Crippen molar-refractivity contribution in [3.8, 4) is 17.9 Å². The van der Waals surface area contributed by atoms with Crippen molar-refractivity contribution < 1.29 is 4.74 Å². The maximum Gasteiger partial charge on any atom is 0.331 e. The second-order valence-corrected chi connectivity index (χ2v) is 5.94. The Morgan fingerprint density at radius 3 is 2.74 bits per heavy atom. The number of hydrogen-bond acceptors (Lipinski definition) is 5. The molecule has 1 aromatic rings. The smallest absolute Gasteiger partial charge is 0.331 e. The molecule has 2 rings (SSSR count). The molecular formula is C14H21N3OS. The Labute approximate surface area is 119 Å². The predicted molar refractivity (Wildman–Crippen MR) is 78.6 cm³/mol. The quantitative estimate of drug-likeness (QED) is 0.798. The molecule has 2 heterocycles. The van der Waals surface area contributed by atoms with E-state index in [2.05, 4.69) is 39.9 Å². The Bertz CT molecular complexity index is 453. The van der Waals surface area contributed by atoms with Gasteiger partial charge in [0.15, 0.2) is 6.61 Å². The molecule has 104 valence electrons. The normalized spacial score (nSPS) is 22.8. The van der Waals surface area contributed by atoms with Gasteiger partial charge in [0, 0.05) is 31.0 Å². The van der Waals surface area contributed by atoms with Crippen molar-refractivity contribution in [2.24, 2.45) is 11.8 Å². The maximum atomic E-state index is 5.42. The van der Waals surface area contributed by atoms with E-state index in [1.165, 1.54) is 18.0 Å². The molecule has 2 atom stereocenters. The summed E-state index contributed by atoms with van der Waals surface area (Å²) in [5, 5.41) is 0.969. The van der Waals surface area contributed by atoms with Gasteiger partial charge in [-0.2, -0.15) is 4.98 Å². The van der Waals surface area contributed by atoms with Crippen LogP contribution in [0, 0.1) is 23.7 Å². The molecule has 1 fully saturated rings. The maximum absolute atomic E-state index is 5.42. The van der Waals surface area contributed by atoms with E-state index in [-0.39, 0.29) is 0 Å². The summed E-state index contributed by atoms with van der Waals surface area (Å²) in [5.41, 5.74) is 0. The Morgan fingerprint density at radius 2 is 2.05 bits per heavy atom. The molecule has 0 radical (unpaired) electrons. The van der Waals surface area contributed by atoms with Crippen molar-refractivity contribution >= 4 is 16.7 Å². The molecule has 0 aromatic carbocycles. The zero-order valence-corrected chi connectivity index (χ0v) is 12.7. The Hall–Kier alpha value is -1.28. The largest absolute Gasteiger partial charge is 0.450 e. The molecule has 1 aromatic heterocycles. The van der Waals surface area contributed by atoms with Crippen molar-refractivity contribution in [3.63, 3.8) is 0 Å². The first-order chi connectivity index (χ1) is 9.19. The molecule has 5 heteroatoms. The van der Waals surface area contributed by atoms with Gasteiger partial charge >= 0.3 is 6.01 Å². The molecule has 1 aliphatic heterocycles. The van der Waals surface area contributed by atoms with Gasteiger partial charge in [0.1, 0.15) is 0 Å². The molecule has 2 unspecified atom stereocenters. The molecule has 19 heavy (non-hydrogen) atoms. The minimum absolute atomic E-state index is 0.372. The highest BCUT2D eigenvalue weighted by Gasteiger charge is 2.24. The van der Waals surface area contributed by atoms with Gasteiger partial charge < -0.3 is 9.64 Å². The lowest BCUT2D eigenvalue weighted by Gasteiger charge is -2.34. The molecule has 1 aliphatic rings. The van der Waals surface area contributed by atoms with Crippen LogP contribution in [0.5, 0.6) is 6.01 Å². The third kappa shape index (κ3) is 4.10. The minimum Gasteiger partial charge on any atom is -0.450 e. The number of ether oxygens (including phenoxy) is 1. The van der Waals surface area contributed by atoms with Crippen LogP contribution in [0.15, 0.2) is 0 Å². The van der Waals surface area contributed by atoms with Crippen molar-refractivity contribution in [3.05, 3.63) is 0 Å². The van der Waals surface area contributed by atoms with E-state index < -0.39 is 0 Å². The second-order valence-electron chi connectivity index (χ2n) is 5.21. The van der Waals surface area contributed by atoms with Crippen LogP contribution in [0.1, 0.15) is 33.6 Å². The van der Waals surface area contributed by atoms with Gasteiger partial charge in [0.05, 0.1) is 0 Å². The fourth-order valence-electron chi connectivity index (χ4n) is 2.49. The van der Waals surface area contributed by atoms with Crippen LogP contribution in [-0.2, 0) is 0 Å². The summed E-state index contributed by atoms with van der Waals surface area (Å²) in [4.78, 5) is 6.76. The summed E-state index contributed by atoms with van der Waals surface area (Å²) < 4.78 is 9.66. The summed E-state index contributed by atoms with van der Waals surface area (Å²) in [6, 6.07) is 0.455. The van der Waals surface area contributed by atoms with Gasteiger partial charge in [-0.05, 0) is 18.3 Å². The fraction of sp³-hybridized carbons (Fsp3) is 0.714. The molecule has 0 N–H and O–H groups in total. The molecule has 0 bridgehead atoms. The number of nitrogens with zero attached hydrogens (tertiary/aromatic N) is 3. The first-order valence-corrected chi connectivity index (χ1v) is 7.63. The SMILES string of the molecule is CCC#CCOc1nsc(N2CC(C)CC(C)C2)n1. The monoisotopic (exact) mass is 279 g/mol. The number of piperidine rings is 1. The third-order valence-corrected chi connectivity index (χ3v) is 3.87. The lowest BCUT2D eigenvalue weighted by atomic mass is 9.92. The third-order valence-electron chi connectivity index (χ3n) is 3.11. The zero-order chi connectivity index (χ0) is 13.7. The first-order valence-electron chi connectivity index (χ1n) is 6.86. The fourth-order valence-corrected chi connectivity index (χ4v) is 3.12. The van der Waals surface area contributed by atoms with E-state index in [9.17, 15) is 0 Å². The minimum atomic E-state index is 0.372. The summed E-state index contributed by atoms with van der Waals surface area (Å²) in [6.07, 6.45) is 2.15. The Kier molecular flexibility index (Phi) is 5.03. The summed E-state index contributed by atoms with van der Waals surface area (Å²) in [5.74, 6) is 7.32. The van der Waals surface area contributed by atoms with Crippen LogP contribution in [0.3, 0.4) is 0 Å². The summed E-state index contributed by atoms with van der Waals surface area (Å²) in [7, 11) is 0. The van der Waals surface area contributed by atoms with Gasteiger partial charge in [-0.15, -0.1) is 10.3 Å². The lowest BCUT2D eigenvalue weighted by molar-refractivity contribution is 0.340. The van der Waals surface area contributed by atoms with Crippen molar-refractivity contribution in [1.29, 1.82) is 0 Å². The second kappa shape index (κ2) is 6.76. The van der Waals surface area contributed by atoms with Gasteiger partial charge in [-0.3, -0.25) is 0 Å².